The Bertz CT molecular complexity index is 927. The van der Waals surface area contributed by atoms with E-state index in [1.807, 2.05) is 0 Å². The Balaban J connectivity index is 2.02. The minimum absolute atomic E-state index is 0.0301. The number of aliphatic hydroxyl groups excluding tert-OH is 4. The van der Waals surface area contributed by atoms with E-state index < -0.39 is 67.0 Å². The quantitative estimate of drug-likeness (QED) is 0.192. The number of carbonyl (C=O) groups excluding carboxylic acids is 2. The maximum Gasteiger partial charge on any atom is 0.309 e. The van der Waals surface area contributed by atoms with E-state index in [1.165, 1.54) is 45.4 Å². The van der Waals surface area contributed by atoms with Gasteiger partial charge in [-0.1, -0.05) is 6.08 Å². The first-order chi connectivity index (χ1) is 16.9. The molecule has 0 amide bonds. The van der Waals surface area contributed by atoms with Gasteiger partial charge in [0.15, 0.2) is 11.5 Å². The van der Waals surface area contributed by atoms with Crippen LogP contribution in [0.15, 0.2) is 18.2 Å². The zero-order chi connectivity index (χ0) is 27.0. The molecule has 1 aliphatic rings. The highest BCUT2D eigenvalue weighted by Crippen LogP contribution is 2.40. The molecule has 1 aromatic carbocycles. The molecule has 1 saturated heterocycles. The van der Waals surface area contributed by atoms with Crippen LogP contribution < -0.4 is 9.47 Å². The Morgan fingerprint density at radius 3 is 2.36 bits per heavy atom. The van der Waals surface area contributed by atoms with Gasteiger partial charge in [0.05, 0.1) is 39.3 Å². The van der Waals surface area contributed by atoms with E-state index >= 15 is 0 Å². The van der Waals surface area contributed by atoms with Crippen molar-refractivity contribution in [3.8, 4) is 17.2 Å². The molecule has 13 heteroatoms. The monoisotopic (exact) mass is 516 g/mol. The second-order valence-corrected chi connectivity index (χ2v) is 8.40. The Hall–Kier alpha value is -2.94. The lowest BCUT2D eigenvalue weighted by Crippen LogP contribution is -2.60. The zero-order valence-corrected chi connectivity index (χ0v) is 20.1. The average Bonchev–Trinajstić information content (AvgIpc) is 2.82. The number of benzene rings is 1. The predicted molar refractivity (Wildman–Crippen MR) is 121 cm³/mol. The van der Waals surface area contributed by atoms with Gasteiger partial charge in [-0.25, -0.2) is 0 Å². The molecule has 0 bridgehead atoms. The summed E-state index contributed by atoms with van der Waals surface area (Å²) in [5.74, 6) is -2.01. The lowest BCUT2D eigenvalue weighted by atomic mass is 9.98. The first kappa shape index (κ1) is 29.3. The second kappa shape index (κ2) is 12.9. The van der Waals surface area contributed by atoms with E-state index in [0.29, 0.717) is 5.56 Å². The Labute approximate surface area is 207 Å². The normalized spacial score (nSPS) is 25.7. The third-order valence-electron chi connectivity index (χ3n) is 5.29. The summed E-state index contributed by atoms with van der Waals surface area (Å²) in [6, 6.07) is 2.74. The van der Waals surface area contributed by atoms with Crippen molar-refractivity contribution in [3.63, 3.8) is 0 Å². The summed E-state index contributed by atoms with van der Waals surface area (Å²) in [6.07, 6.45) is -5.48. The van der Waals surface area contributed by atoms with E-state index in [-0.39, 0.29) is 24.5 Å². The van der Waals surface area contributed by atoms with Gasteiger partial charge >= 0.3 is 11.9 Å². The number of methoxy groups -OCH3 is 2. The molecular formula is C23H32O13. The van der Waals surface area contributed by atoms with Crippen molar-refractivity contribution in [1.82, 2.24) is 0 Å². The van der Waals surface area contributed by atoms with Gasteiger partial charge in [0, 0.05) is 0 Å². The van der Waals surface area contributed by atoms with Crippen LogP contribution in [0.25, 0.3) is 6.08 Å². The Kier molecular flexibility index (Phi) is 10.5. The smallest absolute Gasteiger partial charge is 0.309 e. The molecule has 0 aliphatic carbocycles. The number of carbonyl (C=O) groups is 2. The number of hydrogen-bond acceptors (Lipinski definition) is 13. The minimum Gasteiger partial charge on any atom is -0.504 e. The molecule has 0 saturated carbocycles. The molecule has 202 valence electrons. The number of aliphatic hydroxyl groups is 5. The van der Waals surface area contributed by atoms with Crippen LogP contribution in [0.2, 0.25) is 0 Å². The first-order valence-corrected chi connectivity index (χ1v) is 10.9. The van der Waals surface area contributed by atoms with Gasteiger partial charge in [0.25, 0.3) is 0 Å². The van der Waals surface area contributed by atoms with E-state index in [0.717, 1.165) is 0 Å². The third kappa shape index (κ3) is 7.78. The van der Waals surface area contributed by atoms with E-state index in [2.05, 4.69) is 4.74 Å². The summed E-state index contributed by atoms with van der Waals surface area (Å²) >= 11 is 0. The molecule has 13 nitrogen and oxygen atoms in total. The van der Waals surface area contributed by atoms with Gasteiger partial charge in [0.2, 0.25) is 12.0 Å². The van der Waals surface area contributed by atoms with Crippen molar-refractivity contribution >= 4 is 18.0 Å². The molecule has 36 heavy (non-hydrogen) atoms. The number of esters is 2. The average molecular weight is 516 g/mol. The van der Waals surface area contributed by atoms with Crippen molar-refractivity contribution in [2.45, 2.75) is 56.1 Å². The highest BCUT2D eigenvalue weighted by Gasteiger charge is 2.45. The first-order valence-electron chi connectivity index (χ1n) is 10.9. The number of rotatable bonds is 11. The molecule has 6 N–H and O–H groups in total. The molecule has 1 aliphatic heterocycles. The molecule has 0 aromatic heterocycles. The van der Waals surface area contributed by atoms with E-state index in [1.54, 1.807) is 0 Å². The van der Waals surface area contributed by atoms with Gasteiger partial charge in [-0.2, -0.15) is 0 Å². The van der Waals surface area contributed by atoms with Crippen LogP contribution >= 0.6 is 0 Å². The van der Waals surface area contributed by atoms with Gasteiger partial charge < -0.3 is 54.3 Å². The van der Waals surface area contributed by atoms with Gasteiger partial charge in [-0.15, -0.1) is 0 Å². The van der Waals surface area contributed by atoms with Crippen LogP contribution in [0, 0.1) is 0 Å². The van der Waals surface area contributed by atoms with Gasteiger partial charge in [-0.05, 0) is 30.7 Å². The van der Waals surface area contributed by atoms with Crippen molar-refractivity contribution < 1.29 is 63.9 Å². The van der Waals surface area contributed by atoms with E-state index in [9.17, 15) is 40.2 Å². The van der Waals surface area contributed by atoms with Crippen LogP contribution in [-0.4, -0.2) is 106 Å². The summed E-state index contributed by atoms with van der Waals surface area (Å²) < 4.78 is 25.5. The highest BCUT2D eigenvalue weighted by molar-refractivity contribution is 5.75. The summed E-state index contributed by atoms with van der Waals surface area (Å²) in [5.41, 5.74) is -1.21. The summed E-state index contributed by atoms with van der Waals surface area (Å²) in [4.78, 5) is 23.2. The third-order valence-corrected chi connectivity index (χ3v) is 5.29. The second-order valence-electron chi connectivity index (χ2n) is 8.40. The van der Waals surface area contributed by atoms with Crippen LogP contribution in [0.5, 0.6) is 17.2 Å². The van der Waals surface area contributed by atoms with Crippen molar-refractivity contribution in [3.05, 3.63) is 23.8 Å². The van der Waals surface area contributed by atoms with Crippen LogP contribution in [0.1, 0.15) is 25.3 Å². The van der Waals surface area contributed by atoms with Crippen LogP contribution in [-0.2, 0) is 23.8 Å². The maximum atomic E-state index is 11.9. The van der Waals surface area contributed by atoms with Gasteiger partial charge in [0.1, 0.15) is 31.0 Å². The Morgan fingerprint density at radius 2 is 1.75 bits per heavy atom. The van der Waals surface area contributed by atoms with Crippen LogP contribution in [0.4, 0.5) is 0 Å². The molecule has 0 spiro atoms. The topological polar surface area (TPSA) is 202 Å². The number of phenols is 1. The fourth-order valence-corrected chi connectivity index (χ4v) is 3.39. The minimum atomic E-state index is -1.69. The van der Waals surface area contributed by atoms with Crippen LogP contribution in [0.3, 0.4) is 0 Å². The SMILES string of the molecule is COC(=O)CC(C)(O)CC(=O)OC/C=C/c1cc(O)c(O[C@@H]2O[C@H](CO)[C@@H](O)[C@H](O)[C@H]2O)c(OC)c1. The van der Waals surface area contributed by atoms with Gasteiger partial charge in [-0.3, -0.25) is 9.59 Å². The standard InChI is InChI=1S/C23H32O13/c1-23(31,9-16(26)33-3)10-17(27)34-6-4-5-12-7-13(25)21(14(8-12)32-2)36-22-20(30)19(29)18(28)15(11-24)35-22/h4-5,7-8,15,18-20,22,24-25,28-31H,6,9-11H2,1-3H3/b5-4+/t15-,18-,19+,20-,22+,23?/m1/s1. The number of hydrogen-bond donors (Lipinski definition) is 6. The Morgan fingerprint density at radius 1 is 1.08 bits per heavy atom. The summed E-state index contributed by atoms with van der Waals surface area (Å²) in [7, 11) is 2.47. The molecule has 1 fully saturated rings. The zero-order valence-electron chi connectivity index (χ0n) is 20.1. The van der Waals surface area contributed by atoms with Crippen molar-refractivity contribution in [1.29, 1.82) is 0 Å². The predicted octanol–water partition coefficient (Wildman–Crippen LogP) is -1.16. The summed E-state index contributed by atoms with van der Waals surface area (Å²) in [6.45, 7) is 0.494. The molecule has 6 atom stereocenters. The fourth-order valence-electron chi connectivity index (χ4n) is 3.39. The summed E-state index contributed by atoms with van der Waals surface area (Å²) in [5, 5.41) is 59.8. The van der Waals surface area contributed by atoms with Crippen molar-refractivity contribution in [2.75, 3.05) is 27.4 Å². The lowest BCUT2D eigenvalue weighted by molar-refractivity contribution is -0.277. The highest BCUT2D eigenvalue weighted by atomic mass is 16.7. The number of phenolic OH excluding ortho intramolecular Hbond substituents is 1. The van der Waals surface area contributed by atoms with E-state index in [4.69, 9.17) is 18.9 Å². The number of ether oxygens (including phenoxy) is 5. The molecule has 1 unspecified atom stereocenters. The molecule has 1 aromatic rings. The molecule has 0 radical (unpaired) electrons. The fraction of sp³-hybridized carbons (Fsp3) is 0.565. The number of aromatic hydroxyl groups is 1. The lowest BCUT2D eigenvalue weighted by Gasteiger charge is -2.39. The molecule has 1 heterocycles. The largest absolute Gasteiger partial charge is 0.504 e. The molecule has 2 rings (SSSR count). The maximum absolute atomic E-state index is 11.9. The van der Waals surface area contributed by atoms with Crippen molar-refractivity contribution in [2.24, 2.45) is 0 Å². The molecular weight excluding hydrogens is 484 g/mol.